The standard InChI is InChI=1S/C27H46O.C6H13NO2/c1-18(2)7-6-8-19(3)23-11-12-24-22-10-9-20-17-21(28)13-15-26(20,4)25(22)14-16-27(23,24)5;7-5-3-1-2-4-6(8)9/h9,18-19,21-25,28H,6-8,10-17H2,1-5H3;1-5,7H2,(H,8,9)/t19-,21?,22+,23-,24+,25+,26+,27-;/m1./s1. The third kappa shape index (κ3) is 7.21. The highest BCUT2D eigenvalue weighted by Crippen LogP contribution is 2.67. The van der Waals surface area contributed by atoms with Crippen LogP contribution in [0, 0.1) is 46.3 Å². The first-order chi connectivity index (χ1) is 17.5. The normalized spacial score (nSPS) is 37.5. The van der Waals surface area contributed by atoms with Gasteiger partial charge in [0.15, 0.2) is 0 Å². The molecule has 8 atom stereocenters. The zero-order chi connectivity index (χ0) is 27.2. The van der Waals surface area contributed by atoms with Crippen molar-refractivity contribution in [2.75, 3.05) is 6.54 Å². The number of allylic oxidation sites excluding steroid dienone is 1. The smallest absolute Gasteiger partial charge is 0.303 e. The number of carboxylic acid groups (broad SMARTS) is 1. The molecule has 0 aliphatic heterocycles. The Morgan fingerprint density at radius 3 is 2.43 bits per heavy atom. The lowest BCUT2D eigenvalue weighted by Gasteiger charge is -2.58. The van der Waals surface area contributed by atoms with E-state index in [-0.39, 0.29) is 12.5 Å². The SMILES string of the molecule is CC(C)CCC[C@@H](C)[C@H]1CC[C@H]2[C@@H]3CC=C4CC(O)CC[C@]4(C)[C@H]3CC[C@]12C.NCCCCCC(=O)O. The van der Waals surface area contributed by atoms with Gasteiger partial charge in [0.1, 0.15) is 0 Å². The van der Waals surface area contributed by atoms with E-state index in [1.807, 2.05) is 0 Å². The third-order valence-corrected chi connectivity index (χ3v) is 11.4. The lowest BCUT2D eigenvalue weighted by Crippen LogP contribution is -2.50. The van der Waals surface area contributed by atoms with Gasteiger partial charge in [-0.3, -0.25) is 4.79 Å². The Hall–Kier alpha value is -0.870. The first-order valence-electron chi connectivity index (χ1n) is 15.8. The minimum atomic E-state index is -0.716. The molecule has 3 saturated carbocycles. The van der Waals surface area contributed by atoms with Gasteiger partial charge in [0.25, 0.3) is 0 Å². The predicted octanol–water partition coefficient (Wildman–Crippen LogP) is 7.98. The first-order valence-corrected chi connectivity index (χ1v) is 15.8. The molecule has 0 amide bonds. The molecule has 4 heteroatoms. The molecular weight excluding hydrogens is 458 g/mol. The number of carboxylic acids is 1. The fraction of sp³-hybridized carbons (Fsp3) is 0.909. The van der Waals surface area contributed by atoms with Crippen LogP contribution < -0.4 is 5.73 Å². The topological polar surface area (TPSA) is 83.5 Å². The van der Waals surface area contributed by atoms with Crippen LogP contribution in [0.25, 0.3) is 0 Å². The van der Waals surface area contributed by atoms with Crippen LogP contribution >= 0.6 is 0 Å². The summed E-state index contributed by atoms with van der Waals surface area (Å²) in [5.41, 5.74) is 7.80. The van der Waals surface area contributed by atoms with Crippen molar-refractivity contribution >= 4 is 5.97 Å². The van der Waals surface area contributed by atoms with E-state index in [0.717, 1.165) is 67.6 Å². The summed E-state index contributed by atoms with van der Waals surface area (Å²) in [6, 6.07) is 0. The zero-order valence-electron chi connectivity index (χ0n) is 24.8. The van der Waals surface area contributed by atoms with Crippen LogP contribution in [0.2, 0.25) is 0 Å². The van der Waals surface area contributed by atoms with Crippen LogP contribution in [0.4, 0.5) is 0 Å². The quantitative estimate of drug-likeness (QED) is 0.203. The van der Waals surface area contributed by atoms with Crippen molar-refractivity contribution in [2.24, 2.45) is 52.1 Å². The number of hydrogen-bond donors (Lipinski definition) is 3. The number of hydrogen-bond acceptors (Lipinski definition) is 3. The molecule has 0 saturated heterocycles. The summed E-state index contributed by atoms with van der Waals surface area (Å²) in [6.07, 6.45) is 20.1. The highest BCUT2D eigenvalue weighted by molar-refractivity contribution is 5.66. The summed E-state index contributed by atoms with van der Waals surface area (Å²) in [5.74, 6) is 4.74. The fourth-order valence-corrected chi connectivity index (χ4v) is 9.26. The Labute approximate surface area is 228 Å². The van der Waals surface area contributed by atoms with E-state index < -0.39 is 5.97 Å². The van der Waals surface area contributed by atoms with Crippen molar-refractivity contribution in [2.45, 2.75) is 137 Å². The van der Waals surface area contributed by atoms with E-state index in [2.05, 4.69) is 40.7 Å². The number of aliphatic carboxylic acids is 1. The number of unbranched alkanes of at least 4 members (excludes halogenated alkanes) is 2. The molecule has 0 aromatic carbocycles. The summed E-state index contributed by atoms with van der Waals surface area (Å²) >= 11 is 0. The lowest BCUT2D eigenvalue weighted by atomic mass is 9.47. The van der Waals surface area contributed by atoms with Gasteiger partial charge in [-0.1, -0.05) is 72.0 Å². The van der Waals surface area contributed by atoms with Gasteiger partial charge >= 0.3 is 5.97 Å². The van der Waals surface area contributed by atoms with Crippen LogP contribution in [-0.4, -0.2) is 28.8 Å². The molecule has 0 aromatic rings. The highest BCUT2D eigenvalue weighted by atomic mass is 16.4. The van der Waals surface area contributed by atoms with Crippen molar-refractivity contribution < 1.29 is 15.0 Å². The molecule has 0 radical (unpaired) electrons. The molecule has 4 nitrogen and oxygen atoms in total. The van der Waals surface area contributed by atoms with Gasteiger partial charge in [0.05, 0.1) is 6.10 Å². The van der Waals surface area contributed by atoms with E-state index in [9.17, 15) is 9.90 Å². The second-order valence-corrected chi connectivity index (χ2v) is 14.2. The molecule has 0 spiro atoms. The van der Waals surface area contributed by atoms with E-state index in [1.54, 1.807) is 5.57 Å². The molecule has 4 aliphatic rings. The van der Waals surface area contributed by atoms with Gasteiger partial charge < -0.3 is 15.9 Å². The number of carbonyl (C=O) groups is 1. The first kappa shape index (κ1) is 30.7. The van der Waals surface area contributed by atoms with Crippen molar-refractivity contribution in [1.29, 1.82) is 0 Å². The average molecular weight is 518 g/mol. The van der Waals surface area contributed by atoms with Gasteiger partial charge in [0.2, 0.25) is 0 Å². The molecular formula is C33H59NO3. The van der Waals surface area contributed by atoms with Crippen LogP contribution in [0.1, 0.15) is 131 Å². The lowest BCUT2D eigenvalue weighted by molar-refractivity contribution is -0.137. The summed E-state index contributed by atoms with van der Waals surface area (Å²) in [5, 5.41) is 18.4. The largest absolute Gasteiger partial charge is 0.481 e. The Morgan fingerprint density at radius 1 is 1.00 bits per heavy atom. The van der Waals surface area contributed by atoms with Crippen LogP contribution in [-0.2, 0) is 4.79 Å². The minimum Gasteiger partial charge on any atom is -0.481 e. The van der Waals surface area contributed by atoms with Gasteiger partial charge in [-0.25, -0.2) is 0 Å². The Morgan fingerprint density at radius 2 is 1.76 bits per heavy atom. The summed E-state index contributed by atoms with van der Waals surface area (Å²) < 4.78 is 0. The summed E-state index contributed by atoms with van der Waals surface area (Å²) in [6.45, 7) is 13.2. The van der Waals surface area contributed by atoms with Crippen molar-refractivity contribution in [1.82, 2.24) is 0 Å². The van der Waals surface area contributed by atoms with E-state index in [4.69, 9.17) is 10.8 Å². The Balaban J connectivity index is 0.000000364. The minimum absolute atomic E-state index is 0.0766. The molecule has 0 bridgehead atoms. The maximum atomic E-state index is 10.2. The average Bonchev–Trinajstić information content (AvgIpc) is 3.19. The van der Waals surface area contributed by atoms with Crippen LogP contribution in [0.15, 0.2) is 11.6 Å². The van der Waals surface area contributed by atoms with Crippen LogP contribution in [0.5, 0.6) is 0 Å². The van der Waals surface area contributed by atoms with Crippen molar-refractivity contribution in [3.05, 3.63) is 11.6 Å². The monoisotopic (exact) mass is 517 g/mol. The molecule has 0 heterocycles. The van der Waals surface area contributed by atoms with E-state index in [1.165, 1.54) is 57.8 Å². The molecule has 37 heavy (non-hydrogen) atoms. The molecule has 214 valence electrons. The maximum absolute atomic E-state index is 10.2. The zero-order valence-corrected chi connectivity index (χ0v) is 24.8. The fourth-order valence-electron chi connectivity index (χ4n) is 9.26. The molecule has 4 rings (SSSR count). The number of nitrogens with two attached hydrogens (primary N) is 1. The number of rotatable bonds is 10. The number of aliphatic hydroxyl groups is 1. The van der Waals surface area contributed by atoms with Crippen molar-refractivity contribution in [3.63, 3.8) is 0 Å². The molecule has 0 aromatic heterocycles. The number of aliphatic hydroxyl groups excluding tert-OH is 1. The molecule has 4 N–H and O–H groups in total. The van der Waals surface area contributed by atoms with E-state index in [0.29, 0.717) is 17.4 Å². The second-order valence-electron chi connectivity index (χ2n) is 14.2. The molecule has 4 aliphatic carbocycles. The van der Waals surface area contributed by atoms with Crippen LogP contribution in [0.3, 0.4) is 0 Å². The van der Waals surface area contributed by atoms with Crippen molar-refractivity contribution in [3.8, 4) is 0 Å². The summed E-state index contributed by atoms with van der Waals surface area (Å²) in [7, 11) is 0. The summed E-state index contributed by atoms with van der Waals surface area (Å²) in [4.78, 5) is 9.93. The van der Waals surface area contributed by atoms with Gasteiger partial charge in [0, 0.05) is 6.42 Å². The number of fused-ring (bicyclic) bond motifs is 5. The molecule has 3 fully saturated rings. The highest BCUT2D eigenvalue weighted by Gasteiger charge is 2.59. The predicted molar refractivity (Wildman–Crippen MR) is 154 cm³/mol. The maximum Gasteiger partial charge on any atom is 0.303 e. The van der Waals surface area contributed by atoms with Gasteiger partial charge in [-0.2, -0.15) is 0 Å². The Bertz CT molecular complexity index is 763. The second kappa shape index (κ2) is 13.5. The van der Waals surface area contributed by atoms with Gasteiger partial charge in [-0.15, -0.1) is 0 Å². The third-order valence-electron chi connectivity index (χ3n) is 11.4. The molecule has 1 unspecified atom stereocenters. The van der Waals surface area contributed by atoms with Gasteiger partial charge in [-0.05, 0) is 117 Å². The Kier molecular flexibility index (Phi) is 11.2. The van der Waals surface area contributed by atoms with E-state index >= 15 is 0 Å².